The number of unbranched alkanes of at least 4 members (excludes halogenated alkanes) is 45. The SMILES string of the molecule is CCCCCC/C=C\C=C/CCCCCCCC(=O)OC[C@H](COP(=O)(O)OC[C@@H](O)COP(=O)(O)OC[C@@H](COC(=O)CCCCCCCCC(C)C)OC(=O)CCCCCCCCCCCCCC)OC(=O)CCCCCCCCCCCCCCCCCCCCCCC. The summed E-state index contributed by atoms with van der Waals surface area (Å²) in [6.07, 6.45) is 63.5. The van der Waals surface area contributed by atoms with Crippen LogP contribution in [-0.2, 0) is 65.4 Å². The van der Waals surface area contributed by atoms with Crippen molar-refractivity contribution in [3.8, 4) is 0 Å². The Morgan fingerprint density at radius 1 is 0.320 bits per heavy atom. The number of phosphoric acid groups is 2. The van der Waals surface area contributed by atoms with Crippen LogP contribution in [0.3, 0.4) is 0 Å². The zero-order valence-electron chi connectivity index (χ0n) is 62.7. The van der Waals surface area contributed by atoms with Gasteiger partial charge in [0.1, 0.15) is 19.3 Å². The maximum absolute atomic E-state index is 13.1. The molecule has 0 aliphatic rings. The molecule has 0 fully saturated rings. The van der Waals surface area contributed by atoms with Gasteiger partial charge in [0.2, 0.25) is 0 Å². The van der Waals surface area contributed by atoms with E-state index in [1.807, 2.05) is 0 Å². The first-order valence-electron chi connectivity index (χ1n) is 40.0. The van der Waals surface area contributed by atoms with E-state index in [1.54, 1.807) is 0 Å². The molecule has 17 nitrogen and oxygen atoms in total. The Morgan fingerprint density at radius 2 is 0.557 bits per heavy atom. The zero-order chi connectivity index (χ0) is 71.2. The Balaban J connectivity index is 5.23. The van der Waals surface area contributed by atoms with Crippen LogP contribution in [0, 0.1) is 5.92 Å². The molecule has 572 valence electrons. The van der Waals surface area contributed by atoms with Crippen molar-refractivity contribution in [3.05, 3.63) is 24.3 Å². The Hall–Kier alpha value is -2.46. The van der Waals surface area contributed by atoms with Gasteiger partial charge >= 0.3 is 39.5 Å². The molecule has 5 atom stereocenters. The molecule has 3 N–H and O–H groups in total. The molecule has 19 heteroatoms. The molecule has 0 saturated heterocycles. The number of carbonyl (C=O) groups excluding carboxylic acids is 4. The van der Waals surface area contributed by atoms with Gasteiger partial charge in [-0.05, 0) is 57.3 Å². The Morgan fingerprint density at radius 3 is 0.845 bits per heavy atom. The maximum Gasteiger partial charge on any atom is 0.472 e. The third kappa shape index (κ3) is 71.7. The van der Waals surface area contributed by atoms with Crippen molar-refractivity contribution in [2.75, 3.05) is 39.6 Å². The molecule has 0 radical (unpaired) electrons. The van der Waals surface area contributed by atoms with E-state index in [2.05, 4.69) is 58.9 Å². The molecule has 0 aliphatic carbocycles. The fraction of sp³-hybridized carbons (Fsp3) is 0.897. The molecule has 0 bridgehead atoms. The van der Waals surface area contributed by atoms with E-state index in [0.29, 0.717) is 31.6 Å². The highest BCUT2D eigenvalue weighted by Gasteiger charge is 2.30. The van der Waals surface area contributed by atoms with Crippen molar-refractivity contribution < 1.29 is 80.2 Å². The van der Waals surface area contributed by atoms with Gasteiger partial charge in [0.05, 0.1) is 26.4 Å². The fourth-order valence-electron chi connectivity index (χ4n) is 11.5. The molecular weight excluding hydrogens is 1270 g/mol. The summed E-state index contributed by atoms with van der Waals surface area (Å²) >= 11 is 0. The molecule has 2 unspecified atom stereocenters. The minimum atomic E-state index is -4.97. The van der Waals surface area contributed by atoms with Crippen LogP contribution in [0.25, 0.3) is 0 Å². The minimum Gasteiger partial charge on any atom is -0.462 e. The van der Waals surface area contributed by atoms with E-state index < -0.39 is 97.5 Å². The van der Waals surface area contributed by atoms with Gasteiger partial charge in [-0.25, -0.2) is 9.13 Å². The van der Waals surface area contributed by atoms with Crippen LogP contribution in [-0.4, -0.2) is 96.7 Å². The number of allylic oxidation sites excluding steroid dienone is 4. The number of hydrogen-bond donors (Lipinski definition) is 3. The molecule has 0 heterocycles. The molecule has 0 aromatic carbocycles. The summed E-state index contributed by atoms with van der Waals surface area (Å²) in [7, 11) is -9.92. The number of rotatable bonds is 76. The first-order chi connectivity index (χ1) is 47.0. The number of esters is 4. The Bertz CT molecular complexity index is 1950. The first kappa shape index (κ1) is 94.5. The second-order valence-electron chi connectivity index (χ2n) is 27.9. The number of ether oxygens (including phenoxy) is 4. The summed E-state index contributed by atoms with van der Waals surface area (Å²) in [5.41, 5.74) is 0. The van der Waals surface area contributed by atoms with Crippen LogP contribution in [0.15, 0.2) is 24.3 Å². The summed E-state index contributed by atoms with van der Waals surface area (Å²) in [4.78, 5) is 72.8. The standard InChI is InChI=1S/C78H148O17P2/c1-6-9-12-15-18-21-24-27-29-30-31-32-33-34-36-38-41-44-47-54-59-64-78(83)94-73(67-88-75(80)61-56-51-45-42-40-37-35-28-25-22-19-16-13-10-7-2)69-92-96(84,85)90-65-72(79)66-91-97(86,87)93-70-74(68-89-76(81)62-57-52-49-48-50-55-60-71(4)5)95-77(82)63-58-53-46-43-39-26-23-20-17-14-11-8-3/h22,25,28,35,71-74,79H,6-21,23-24,26-27,29-34,36-70H2,1-5H3,(H,84,85)(H,86,87)/b25-22-,35-28-/t72-,73-,74-/m1/s1. The predicted molar refractivity (Wildman–Crippen MR) is 395 cm³/mol. The molecule has 0 aromatic rings. The Kier molecular flexibility index (Phi) is 68.8. The highest BCUT2D eigenvalue weighted by Crippen LogP contribution is 2.45. The van der Waals surface area contributed by atoms with Crippen molar-refractivity contribution in [3.63, 3.8) is 0 Å². The van der Waals surface area contributed by atoms with Crippen molar-refractivity contribution in [1.29, 1.82) is 0 Å². The highest BCUT2D eigenvalue weighted by molar-refractivity contribution is 7.47. The Labute approximate surface area is 592 Å². The van der Waals surface area contributed by atoms with E-state index in [-0.39, 0.29) is 25.7 Å². The monoisotopic (exact) mass is 1420 g/mol. The lowest BCUT2D eigenvalue weighted by molar-refractivity contribution is -0.161. The molecule has 0 aliphatic heterocycles. The van der Waals surface area contributed by atoms with Gasteiger partial charge in [-0.3, -0.25) is 37.3 Å². The fourth-order valence-corrected chi connectivity index (χ4v) is 13.1. The largest absolute Gasteiger partial charge is 0.472 e. The van der Waals surface area contributed by atoms with E-state index >= 15 is 0 Å². The maximum atomic E-state index is 13.1. The molecule has 0 spiro atoms. The minimum absolute atomic E-state index is 0.102. The van der Waals surface area contributed by atoms with Crippen LogP contribution >= 0.6 is 15.6 Å². The van der Waals surface area contributed by atoms with E-state index in [0.717, 1.165) is 116 Å². The van der Waals surface area contributed by atoms with Gasteiger partial charge < -0.3 is 33.8 Å². The number of carbonyl (C=O) groups is 4. The lowest BCUT2D eigenvalue weighted by Crippen LogP contribution is -2.30. The van der Waals surface area contributed by atoms with Crippen LogP contribution in [0.5, 0.6) is 0 Å². The van der Waals surface area contributed by atoms with Crippen LogP contribution in [0.1, 0.15) is 388 Å². The van der Waals surface area contributed by atoms with Gasteiger partial charge in [0.25, 0.3) is 0 Å². The van der Waals surface area contributed by atoms with Crippen LogP contribution in [0.2, 0.25) is 0 Å². The second-order valence-corrected chi connectivity index (χ2v) is 30.8. The predicted octanol–water partition coefficient (Wildman–Crippen LogP) is 22.8. The lowest BCUT2D eigenvalue weighted by atomic mass is 10.0. The normalized spacial score (nSPS) is 14.1. The molecule has 0 amide bonds. The van der Waals surface area contributed by atoms with Gasteiger partial charge in [0.15, 0.2) is 12.2 Å². The van der Waals surface area contributed by atoms with E-state index in [1.165, 1.54) is 186 Å². The average molecular weight is 1420 g/mol. The van der Waals surface area contributed by atoms with Crippen molar-refractivity contribution >= 4 is 39.5 Å². The third-order valence-electron chi connectivity index (χ3n) is 17.7. The van der Waals surface area contributed by atoms with E-state index in [9.17, 15) is 43.2 Å². The second kappa shape index (κ2) is 70.6. The van der Waals surface area contributed by atoms with Crippen LogP contribution in [0.4, 0.5) is 0 Å². The third-order valence-corrected chi connectivity index (χ3v) is 19.6. The van der Waals surface area contributed by atoms with Crippen molar-refractivity contribution in [2.45, 2.75) is 406 Å². The zero-order valence-corrected chi connectivity index (χ0v) is 64.5. The quantitative estimate of drug-likeness (QED) is 0.0169. The van der Waals surface area contributed by atoms with Crippen molar-refractivity contribution in [1.82, 2.24) is 0 Å². The van der Waals surface area contributed by atoms with E-state index in [4.69, 9.17) is 37.0 Å². The summed E-state index contributed by atoms with van der Waals surface area (Å²) in [5, 5.41) is 10.6. The summed E-state index contributed by atoms with van der Waals surface area (Å²) in [6.45, 7) is 7.15. The summed E-state index contributed by atoms with van der Waals surface area (Å²) in [6, 6.07) is 0. The number of phosphoric ester groups is 2. The topological polar surface area (TPSA) is 237 Å². The first-order valence-corrected chi connectivity index (χ1v) is 42.9. The molecule has 0 saturated carbocycles. The lowest BCUT2D eigenvalue weighted by Gasteiger charge is -2.21. The molecule has 0 aromatic heterocycles. The molecule has 97 heavy (non-hydrogen) atoms. The van der Waals surface area contributed by atoms with Gasteiger partial charge in [-0.15, -0.1) is 0 Å². The number of aliphatic hydroxyl groups is 1. The number of aliphatic hydroxyl groups excluding tert-OH is 1. The molecular formula is C78H148O17P2. The smallest absolute Gasteiger partial charge is 0.462 e. The van der Waals surface area contributed by atoms with Crippen LogP contribution < -0.4 is 0 Å². The van der Waals surface area contributed by atoms with Gasteiger partial charge in [-0.2, -0.15) is 0 Å². The summed E-state index contributed by atoms with van der Waals surface area (Å²) < 4.78 is 68.5. The van der Waals surface area contributed by atoms with Gasteiger partial charge in [0, 0.05) is 25.7 Å². The summed E-state index contributed by atoms with van der Waals surface area (Å²) in [5.74, 6) is -1.47. The van der Waals surface area contributed by atoms with Crippen molar-refractivity contribution in [2.24, 2.45) is 5.92 Å². The number of hydrogen-bond acceptors (Lipinski definition) is 15. The highest BCUT2D eigenvalue weighted by atomic mass is 31.2. The van der Waals surface area contributed by atoms with Gasteiger partial charge in [-0.1, -0.05) is 335 Å². The molecule has 0 rings (SSSR count). The average Bonchev–Trinajstić information content (AvgIpc) is 1.43.